The van der Waals surface area contributed by atoms with E-state index < -0.39 is 24.8 Å². The SMILES string of the molecule is C[C@@H]1Cc2c(ccc(N)c2C=N)C(c2ccc(N3CCC4(CC3)CN(C)CCO4)cn2)N1CC(F)(F)F. The second kappa shape index (κ2) is 9.89. The fourth-order valence-corrected chi connectivity index (χ4v) is 6.24. The number of fused-ring (bicyclic) bond motifs is 1. The summed E-state index contributed by atoms with van der Waals surface area (Å²) in [5.41, 5.74) is 10.1. The number of aromatic nitrogens is 1. The summed E-state index contributed by atoms with van der Waals surface area (Å²) >= 11 is 0. The van der Waals surface area contributed by atoms with Crippen molar-refractivity contribution in [3.8, 4) is 0 Å². The van der Waals surface area contributed by atoms with Gasteiger partial charge < -0.3 is 25.7 Å². The van der Waals surface area contributed by atoms with Gasteiger partial charge in [-0.3, -0.25) is 9.88 Å². The number of nitrogens with one attached hydrogen (secondary N) is 1. The molecule has 5 rings (SSSR count). The minimum absolute atomic E-state index is 0.0919. The Bertz CT molecular complexity index is 1130. The van der Waals surface area contributed by atoms with Crippen molar-refractivity contribution in [1.82, 2.24) is 14.8 Å². The number of nitrogens with two attached hydrogens (primary N) is 1. The lowest BCUT2D eigenvalue weighted by molar-refractivity contribution is -0.155. The molecule has 10 heteroatoms. The van der Waals surface area contributed by atoms with Crippen LogP contribution in [0.2, 0.25) is 0 Å². The Morgan fingerprint density at radius 3 is 2.57 bits per heavy atom. The van der Waals surface area contributed by atoms with Crippen molar-refractivity contribution in [1.29, 1.82) is 5.41 Å². The zero-order valence-electron chi connectivity index (χ0n) is 21.4. The Labute approximate surface area is 215 Å². The average molecular weight is 517 g/mol. The molecule has 1 spiro atoms. The molecule has 3 aliphatic rings. The molecule has 3 aliphatic heterocycles. The standard InChI is InChI=1S/C27H35F3N6O/c1-18-13-21-20(4-5-23(32)22(21)14-31)25(36(18)17-27(28,29)30)24-6-3-19(15-33-24)35-9-7-26(8-10-35)16-34(2)11-12-37-26/h3-6,14-15,18,25,31H,7-13,16-17,32H2,1-2H3/t18-,25?/m1/s1. The first kappa shape index (κ1) is 25.9. The van der Waals surface area contributed by atoms with Crippen molar-refractivity contribution in [2.45, 2.75) is 50.0 Å². The smallest absolute Gasteiger partial charge is 0.398 e. The number of nitrogens with zero attached hydrogens (tertiary/aromatic N) is 4. The maximum absolute atomic E-state index is 13.6. The van der Waals surface area contributed by atoms with Gasteiger partial charge in [0.2, 0.25) is 0 Å². The van der Waals surface area contributed by atoms with Crippen LogP contribution in [-0.2, 0) is 11.2 Å². The van der Waals surface area contributed by atoms with Crippen LogP contribution in [0.4, 0.5) is 24.5 Å². The zero-order chi connectivity index (χ0) is 26.4. The van der Waals surface area contributed by atoms with Crippen molar-refractivity contribution >= 4 is 17.6 Å². The molecule has 37 heavy (non-hydrogen) atoms. The van der Waals surface area contributed by atoms with Crippen LogP contribution in [0.15, 0.2) is 30.5 Å². The number of nitrogen functional groups attached to an aromatic ring is 1. The van der Waals surface area contributed by atoms with Gasteiger partial charge in [0.1, 0.15) is 0 Å². The number of hydrogen-bond acceptors (Lipinski definition) is 7. The largest absolute Gasteiger partial charge is 0.401 e. The van der Waals surface area contributed by atoms with Crippen molar-refractivity contribution in [3.05, 3.63) is 52.8 Å². The van der Waals surface area contributed by atoms with Gasteiger partial charge >= 0.3 is 6.18 Å². The first-order valence-electron chi connectivity index (χ1n) is 12.9. The van der Waals surface area contributed by atoms with Crippen LogP contribution in [0.25, 0.3) is 0 Å². The van der Waals surface area contributed by atoms with Crippen LogP contribution >= 0.6 is 0 Å². The fraction of sp³-hybridized carbons (Fsp3) is 0.556. The van der Waals surface area contributed by atoms with Crippen molar-refractivity contribution < 1.29 is 17.9 Å². The van der Waals surface area contributed by atoms with Gasteiger partial charge in [-0.15, -0.1) is 0 Å². The van der Waals surface area contributed by atoms with E-state index in [1.165, 1.54) is 11.1 Å². The molecular formula is C27H35F3N6O. The molecule has 2 aromatic rings. The Morgan fingerprint density at radius 2 is 1.95 bits per heavy atom. The number of pyridine rings is 1. The van der Waals surface area contributed by atoms with Gasteiger partial charge in [0.05, 0.1) is 42.4 Å². The molecule has 200 valence electrons. The van der Waals surface area contributed by atoms with Crippen LogP contribution in [0, 0.1) is 5.41 Å². The van der Waals surface area contributed by atoms with Crippen LogP contribution in [0.3, 0.4) is 0 Å². The number of benzene rings is 1. The second-order valence-electron chi connectivity index (χ2n) is 10.7. The molecule has 1 unspecified atom stereocenters. The molecule has 7 nitrogen and oxygen atoms in total. The number of anilines is 2. The molecule has 2 atom stereocenters. The number of hydrogen-bond donors (Lipinski definition) is 2. The molecule has 0 bridgehead atoms. The third-order valence-electron chi connectivity index (χ3n) is 8.16. The van der Waals surface area contributed by atoms with Crippen molar-refractivity contribution in [2.75, 3.05) is 57.0 Å². The van der Waals surface area contributed by atoms with Gasteiger partial charge in [-0.25, -0.2) is 0 Å². The van der Waals surface area contributed by atoms with Crippen LogP contribution in [0.1, 0.15) is 48.2 Å². The van der Waals surface area contributed by atoms with E-state index in [4.69, 9.17) is 20.9 Å². The van der Waals surface area contributed by atoms with Gasteiger partial charge in [0.25, 0.3) is 0 Å². The predicted molar refractivity (Wildman–Crippen MR) is 138 cm³/mol. The monoisotopic (exact) mass is 516 g/mol. The van der Waals surface area contributed by atoms with E-state index >= 15 is 0 Å². The molecule has 0 radical (unpaired) electrons. The molecule has 0 amide bonds. The second-order valence-corrected chi connectivity index (χ2v) is 10.7. The lowest BCUT2D eigenvalue weighted by Crippen LogP contribution is -2.56. The average Bonchev–Trinajstić information content (AvgIpc) is 2.85. The van der Waals surface area contributed by atoms with Crippen molar-refractivity contribution in [3.63, 3.8) is 0 Å². The molecule has 2 fully saturated rings. The summed E-state index contributed by atoms with van der Waals surface area (Å²) in [7, 11) is 2.13. The predicted octanol–water partition coefficient (Wildman–Crippen LogP) is 3.86. The van der Waals surface area contributed by atoms with Crippen LogP contribution < -0.4 is 10.6 Å². The van der Waals surface area contributed by atoms with Gasteiger partial charge in [-0.2, -0.15) is 13.2 Å². The highest BCUT2D eigenvalue weighted by Gasteiger charge is 2.42. The molecule has 1 aromatic heterocycles. The third-order valence-corrected chi connectivity index (χ3v) is 8.16. The third kappa shape index (κ3) is 5.19. The van der Waals surface area contributed by atoms with Crippen LogP contribution in [0.5, 0.6) is 0 Å². The minimum Gasteiger partial charge on any atom is -0.398 e. The van der Waals surface area contributed by atoms with Crippen molar-refractivity contribution in [2.24, 2.45) is 0 Å². The summed E-state index contributed by atoms with van der Waals surface area (Å²) in [4.78, 5) is 10.8. The molecule has 0 aliphatic carbocycles. The number of likely N-dealkylation sites (N-methyl/N-ethyl adjacent to an activating group) is 1. The number of ether oxygens (including phenoxy) is 1. The van der Waals surface area contributed by atoms with Gasteiger partial charge in [-0.05, 0) is 62.6 Å². The topological polar surface area (TPSA) is 81.7 Å². The van der Waals surface area contributed by atoms with E-state index in [0.29, 0.717) is 23.4 Å². The molecular weight excluding hydrogens is 481 g/mol. The minimum atomic E-state index is -4.35. The zero-order valence-corrected chi connectivity index (χ0v) is 21.4. The Morgan fingerprint density at radius 1 is 1.19 bits per heavy atom. The lowest BCUT2D eigenvalue weighted by Gasteiger charge is -2.47. The molecule has 4 heterocycles. The van der Waals surface area contributed by atoms with Gasteiger partial charge in [0, 0.05) is 49.7 Å². The summed E-state index contributed by atoms with van der Waals surface area (Å²) in [5.74, 6) is 0. The first-order valence-corrected chi connectivity index (χ1v) is 12.9. The van der Waals surface area contributed by atoms with Gasteiger partial charge in [0.15, 0.2) is 0 Å². The van der Waals surface area contributed by atoms with Gasteiger partial charge in [-0.1, -0.05) is 6.07 Å². The molecule has 2 saturated heterocycles. The van der Waals surface area contributed by atoms with E-state index in [9.17, 15) is 13.2 Å². The molecule has 0 saturated carbocycles. The number of rotatable bonds is 4. The maximum atomic E-state index is 13.6. The molecule has 1 aromatic carbocycles. The van der Waals surface area contributed by atoms with E-state index in [0.717, 1.165) is 62.4 Å². The number of piperidine rings is 1. The first-order chi connectivity index (χ1) is 17.6. The Kier molecular flexibility index (Phi) is 6.93. The maximum Gasteiger partial charge on any atom is 0.401 e. The fourth-order valence-electron chi connectivity index (χ4n) is 6.24. The Balaban J connectivity index is 1.42. The lowest BCUT2D eigenvalue weighted by atomic mass is 9.83. The summed E-state index contributed by atoms with van der Waals surface area (Å²) < 4.78 is 47.1. The Hall–Kier alpha value is -2.69. The molecule has 3 N–H and O–H groups in total. The quantitative estimate of drug-likeness (QED) is 0.475. The highest BCUT2D eigenvalue weighted by Crippen LogP contribution is 2.41. The van der Waals surface area contributed by atoms with E-state index in [2.05, 4.69) is 16.8 Å². The summed E-state index contributed by atoms with van der Waals surface area (Å²) in [6.07, 6.45) is 0.884. The number of halogens is 3. The van der Waals surface area contributed by atoms with E-state index in [1.54, 1.807) is 25.3 Å². The van der Waals surface area contributed by atoms with E-state index in [-0.39, 0.29) is 5.60 Å². The summed E-state index contributed by atoms with van der Waals surface area (Å²) in [6.45, 7) is 5.11. The highest BCUT2D eigenvalue weighted by atomic mass is 19.4. The number of alkyl halides is 3. The number of morpholine rings is 1. The summed E-state index contributed by atoms with van der Waals surface area (Å²) in [5, 5.41) is 7.85. The van der Waals surface area contributed by atoms with Crippen LogP contribution in [-0.4, -0.2) is 85.2 Å². The summed E-state index contributed by atoms with van der Waals surface area (Å²) in [6, 6.07) is 6.21. The highest BCUT2D eigenvalue weighted by molar-refractivity contribution is 5.88. The van der Waals surface area contributed by atoms with E-state index in [1.807, 2.05) is 12.1 Å². The normalized spacial score (nSPS) is 24.7.